The molecule has 0 aliphatic carbocycles. The molecule has 0 aromatic heterocycles. The fourth-order valence-corrected chi connectivity index (χ4v) is 3.28. The second-order valence-electron chi connectivity index (χ2n) is 6.91. The van der Waals surface area contributed by atoms with Gasteiger partial charge in [0, 0.05) is 11.3 Å². The van der Waals surface area contributed by atoms with Crippen molar-refractivity contribution in [3.8, 4) is 11.5 Å². The first-order chi connectivity index (χ1) is 14.0. The summed E-state index contributed by atoms with van der Waals surface area (Å²) in [6.45, 7) is 0.307. The van der Waals surface area contributed by atoms with Crippen molar-refractivity contribution in [3.63, 3.8) is 0 Å². The molecule has 0 fully saturated rings. The highest BCUT2D eigenvalue weighted by Gasteiger charge is 2.71. The van der Waals surface area contributed by atoms with Gasteiger partial charge in [0.1, 0.15) is 17.6 Å². The van der Waals surface area contributed by atoms with Crippen LogP contribution in [-0.2, 0) is 12.0 Å². The number of alkyl halides is 6. The zero-order valence-corrected chi connectivity index (χ0v) is 15.8. The van der Waals surface area contributed by atoms with E-state index in [0.29, 0.717) is 36.2 Å². The van der Waals surface area contributed by atoms with E-state index in [9.17, 15) is 31.4 Å². The van der Waals surface area contributed by atoms with E-state index in [4.69, 9.17) is 9.47 Å². The second kappa shape index (κ2) is 7.90. The lowest BCUT2D eigenvalue weighted by Gasteiger charge is -2.33. The summed E-state index contributed by atoms with van der Waals surface area (Å²) in [5.74, 6) is 1.20. The van der Waals surface area contributed by atoms with Crippen LogP contribution in [0.3, 0.4) is 0 Å². The van der Waals surface area contributed by atoms with Crippen LogP contribution in [0.5, 0.6) is 11.5 Å². The van der Waals surface area contributed by atoms with Crippen molar-refractivity contribution < 1.29 is 40.9 Å². The van der Waals surface area contributed by atoms with Gasteiger partial charge in [0.2, 0.25) is 0 Å². The van der Waals surface area contributed by atoms with E-state index >= 15 is 0 Å². The summed E-state index contributed by atoms with van der Waals surface area (Å²) in [5.41, 5.74) is -5.58. The Morgan fingerprint density at radius 2 is 1.53 bits per heavy atom. The standard InChI is InChI=1S/C20H19F6NO3/c1-29-14-5-7-15(8-6-14)30-16-4-2-12-10-13(3-9-17(12)27-11-16)18(28,19(21,22)23)20(24,25)26/h3,5-10,16,27-28H,2,4,11H2,1H3. The number of ether oxygens (including phenoxy) is 2. The van der Waals surface area contributed by atoms with Crippen molar-refractivity contribution in [2.75, 3.05) is 19.0 Å². The van der Waals surface area contributed by atoms with Crippen LogP contribution in [0.25, 0.3) is 0 Å². The van der Waals surface area contributed by atoms with E-state index in [1.54, 1.807) is 24.3 Å². The van der Waals surface area contributed by atoms with Crippen LogP contribution >= 0.6 is 0 Å². The van der Waals surface area contributed by atoms with Crippen LogP contribution in [-0.4, -0.2) is 37.2 Å². The summed E-state index contributed by atoms with van der Waals surface area (Å²) in [6, 6.07) is 9.30. The maximum Gasteiger partial charge on any atom is 0.430 e. The molecule has 3 rings (SSSR count). The summed E-state index contributed by atoms with van der Waals surface area (Å²) in [7, 11) is 1.52. The molecule has 0 saturated carbocycles. The van der Waals surface area contributed by atoms with Crippen LogP contribution in [0.15, 0.2) is 42.5 Å². The molecule has 4 nitrogen and oxygen atoms in total. The summed E-state index contributed by atoms with van der Waals surface area (Å²) < 4.78 is 89.8. The first-order valence-electron chi connectivity index (χ1n) is 8.99. The Hall–Kier alpha value is -2.62. The zero-order valence-electron chi connectivity index (χ0n) is 15.8. The Morgan fingerprint density at radius 3 is 2.10 bits per heavy atom. The summed E-state index contributed by atoms with van der Waals surface area (Å²) in [5, 5.41) is 12.6. The number of methoxy groups -OCH3 is 1. The molecule has 164 valence electrons. The molecule has 0 radical (unpaired) electrons. The van der Waals surface area contributed by atoms with Crippen LogP contribution in [0.1, 0.15) is 17.5 Å². The Balaban J connectivity index is 1.81. The third kappa shape index (κ3) is 4.14. The van der Waals surface area contributed by atoms with Crippen molar-refractivity contribution in [3.05, 3.63) is 53.6 Å². The van der Waals surface area contributed by atoms with Crippen molar-refractivity contribution in [2.24, 2.45) is 0 Å². The predicted octanol–water partition coefficient (Wildman–Crippen LogP) is 4.81. The Kier molecular flexibility index (Phi) is 5.81. The SMILES string of the molecule is COc1ccc(OC2CCc3cc(C(O)(C(F)(F)F)C(F)(F)F)ccc3NC2)cc1. The van der Waals surface area contributed by atoms with Gasteiger partial charge in [0.05, 0.1) is 13.7 Å². The number of aliphatic hydroxyl groups is 1. The van der Waals surface area contributed by atoms with Crippen LogP contribution in [0.2, 0.25) is 0 Å². The lowest BCUT2D eigenvalue weighted by atomic mass is 9.89. The highest BCUT2D eigenvalue weighted by atomic mass is 19.4. The summed E-state index contributed by atoms with van der Waals surface area (Å²) >= 11 is 0. The quantitative estimate of drug-likeness (QED) is 0.677. The third-order valence-corrected chi connectivity index (χ3v) is 4.96. The van der Waals surface area contributed by atoms with Crippen LogP contribution in [0.4, 0.5) is 32.0 Å². The van der Waals surface area contributed by atoms with E-state index in [1.165, 1.54) is 7.11 Å². The molecule has 2 N–H and O–H groups in total. The van der Waals surface area contributed by atoms with Crippen molar-refractivity contribution in [1.29, 1.82) is 0 Å². The largest absolute Gasteiger partial charge is 0.497 e. The van der Waals surface area contributed by atoms with Gasteiger partial charge in [0.15, 0.2) is 0 Å². The maximum atomic E-state index is 13.1. The first kappa shape index (κ1) is 22.1. The Bertz CT molecular complexity index is 866. The molecular weight excluding hydrogens is 416 g/mol. The van der Waals surface area contributed by atoms with E-state index in [-0.39, 0.29) is 18.1 Å². The van der Waals surface area contributed by atoms with Gasteiger partial charge in [0.25, 0.3) is 5.60 Å². The number of anilines is 1. The van der Waals surface area contributed by atoms with Crippen LogP contribution < -0.4 is 14.8 Å². The van der Waals surface area contributed by atoms with Gasteiger partial charge in [-0.1, -0.05) is 12.1 Å². The molecule has 1 aliphatic heterocycles. The van der Waals surface area contributed by atoms with E-state index in [0.717, 1.165) is 12.1 Å². The smallest absolute Gasteiger partial charge is 0.430 e. The molecule has 0 saturated heterocycles. The number of aryl methyl sites for hydroxylation is 1. The molecule has 0 amide bonds. The van der Waals surface area contributed by atoms with Gasteiger partial charge in [-0.05, 0) is 48.7 Å². The van der Waals surface area contributed by atoms with E-state index < -0.39 is 23.5 Å². The molecule has 2 aromatic rings. The van der Waals surface area contributed by atoms with Crippen molar-refractivity contribution in [2.45, 2.75) is 36.9 Å². The number of rotatable bonds is 4. The number of halogens is 6. The number of benzene rings is 2. The second-order valence-corrected chi connectivity index (χ2v) is 6.91. The predicted molar refractivity (Wildman–Crippen MR) is 96.7 cm³/mol. The minimum Gasteiger partial charge on any atom is -0.497 e. The number of hydrogen-bond acceptors (Lipinski definition) is 4. The van der Waals surface area contributed by atoms with E-state index in [2.05, 4.69) is 5.32 Å². The Labute approximate surface area is 168 Å². The molecule has 1 aliphatic rings. The average Bonchev–Trinajstić information content (AvgIpc) is 2.88. The number of nitrogens with one attached hydrogen (secondary N) is 1. The molecular formula is C20H19F6NO3. The van der Waals surface area contributed by atoms with Gasteiger partial charge in [-0.15, -0.1) is 0 Å². The zero-order chi connectivity index (χ0) is 22.2. The molecule has 1 atom stereocenters. The molecule has 0 bridgehead atoms. The molecule has 1 unspecified atom stereocenters. The van der Waals surface area contributed by atoms with Crippen molar-refractivity contribution in [1.82, 2.24) is 0 Å². The fourth-order valence-electron chi connectivity index (χ4n) is 3.28. The topological polar surface area (TPSA) is 50.7 Å². The number of fused-ring (bicyclic) bond motifs is 1. The lowest BCUT2D eigenvalue weighted by Crippen LogP contribution is -2.53. The lowest BCUT2D eigenvalue weighted by molar-refractivity contribution is -0.376. The van der Waals surface area contributed by atoms with Gasteiger partial charge in [-0.2, -0.15) is 26.3 Å². The maximum absolute atomic E-state index is 13.1. The number of hydrogen-bond donors (Lipinski definition) is 2. The highest BCUT2D eigenvalue weighted by Crippen LogP contribution is 2.50. The molecule has 2 aromatic carbocycles. The van der Waals surface area contributed by atoms with Gasteiger partial charge < -0.3 is 19.9 Å². The molecule has 30 heavy (non-hydrogen) atoms. The normalized spacial score (nSPS) is 17.5. The minimum atomic E-state index is -5.92. The molecule has 0 spiro atoms. The first-order valence-corrected chi connectivity index (χ1v) is 8.99. The monoisotopic (exact) mass is 435 g/mol. The minimum absolute atomic E-state index is 0.169. The van der Waals surface area contributed by atoms with Crippen LogP contribution in [0, 0.1) is 0 Å². The summed E-state index contributed by atoms with van der Waals surface area (Å²) in [6.07, 6.45) is -11.7. The summed E-state index contributed by atoms with van der Waals surface area (Å²) in [4.78, 5) is 0. The highest BCUT2D eigenvalue weighted by molar-refractivity contribution is 5.55. The van der Waals surface area contributed by atoms with Crippen molar-refractivity contribution >= 4 is 5.69 Å². The van der Waals surface area contributed by atoms with Gasteiger partial charge in [-0.3, -0.25) is 0 Å². The molecule has 10 heteroatoms. The van der Waals surface area contributed by atoms with Gasteiger partial charge >= 0.3 is 12.4 Å². The van der Waals surface area contributed by atoms with E-state index in [1.807, 2.05) is 0 Å². The molecule has 1 heterocycles. The Morgan fingerprint density at radius 1 is 0.933 bits per heavy atom. The fraction of sp³-hybridized carbons (Fsp3) is 0.400. The average molecular weight is 435 g/mol. The third-order valence-electron chi connectivity index (χ3n) is 4.96. The van der Waals surface area contributed by atoms with Gasteiger partial charge in [-0.25, -0.2) is 0 Å².